The highest BCUT2D eigenvalue weighted by Crippen LogP contribution is 2.41. The molecule has 2 unspecified atom stereocenters. The summed E-state index contributed by atoms with van der Waals surface area (Å²) in [6.07, 6.45) is 14.8. The van der Waals surface area contributed by atoms with Gasteiger partial charge in [0.05, 0.1) is 12.7 Å². The average Bonchev–Trinajstić information content (AvgIpc) is 3.01. The van der Waals surface area contributed by atoms with E-state index in [0.717, 1.165) is 23.7 Å². The molecule has 0 N–H and O–H groups in total. The zero-order valence-electron chi connectivity index (χ0n) is 23.9. The Morgan fingerprint density at radius 3 is 2.10 bits per heavy atom. The summed E-state index contributed by atoms with van der Waals surface area (Å²) >= 11 is 0. The summed E-state index contributed by atoms with van der Waals surface area (Å²) < 4.78 is 40.5. The van der Waals surface area contributed by atoms with Crippen molar-refractivity contribution in [3.05, 3.63) is 90.0 Å². The highest BCUT2D eigenvalue weighted by molar-refractivity contribution is 5.71. The van der Waals surface area contributed by atoms with Crippen LogP contribution in [-0.2, 0) is 4.74 Å². The number of benzene rings is 3. The van der Waals surface area contributed by atoms with E-state index in [-0.39, 0.29) is 17.9 Å². The summed E-state index contributed by atoms with van der Waals surface area (Å²) in [7, 11) is 0. The van der Waals surface area contributed by atoms with E-state index in [1.807, 2.05) is 24.3 Å². The molecule has 40 heavy (non-hydrogen) atoms. The highest BCUT2D eigenvalue weighted by atomic mass is 19.2. The van der Waals surface area contributed by atoms with Crippen molar-refractivity contribution in [2.24, 2.45) is 11.8 Å². The third kappa shape index (κ3) is 6.66. The maximum absolute atomic E-state index is 14.6. The zero-order valence-corrected chi connectivity index (χ0v) is 23.9. The van der Waals surface area contributed by atoms with Gasteiger partial charge in [0.25, 0.3) is 0 Å². The SMILES string of the molecule is C/C=C/CCC1CCC(C2CCC(c3ccc(-c4ccc(-c5ccc(OCC)c(F)c5F)cc4)cc3)CC2)OC1. The first-order chi connectivity index (χ1) is 19.6. The zero-order chi connectivity index (χ0) is 27.9. The summed E-state index contributed by atoms with van der Waals surface area (Å²) in [6, 6.07) is 19.6. The molecule has 5 rings (SSSR count). The lowest BCUT2D eigenvalue weighted by atomic mass is 9.75. The molecule has 212 valence electrons. The minimum Gasteiger partial charge on any atom is -0.491 e. The Balaban J connectivity index is 1.14. The molecular formula is C36H42F2O2. The van der Waals surface area contributed by atoms with Crippen LogP contribution in [0.2, 0.25) is 0 Å². The van der Waals surface area contributed by atoms with Gasteiger partial charge in [-0.3, -0.25) is 0 Å². The second-order valence-corrected chi connectivity index (χ2v) is 11.4. The summed E-state index contributed by atoms with van der Waals surface area (Å²) in [5.74, 6) is 0.179. The second kappa shape index (κ2) is 13.6. The van der Waals surface area contributed by atoms with Gasteiger partial charge in [-0.1, -0.05) is 60.7 Å². The van der Waals surface area contributed by atoms with Gasteiger partial charge in [0.1, 0.15) is 0 Å². The molecule has 0 radical (unpaired) electrons. The molecule has 0 amide bonds. The summed E-state index contributed by atoms with van der Waals surface area (Å²) in [5.41, 5.74) is 4.48. The predicted molar refractivity (Wildman–Crippen MR) is 160 cm³/mol. The first-order valence-electron chi connectivity index (χ1n) is 15.1. The van der Waals surface area contributed by atoms with E-state index >= 15 is 0 Å². The number of halogens is 2. The van der Waals surface area contributed by atoms with Crippen molar-refractivity contribution < 1.29 is 18.3 Å². The number of rotatable bonds is 9. The smallest absolute Gasteiger partial charge is 0.201 e. The number of ether oxygens (including phenoxy) is 2. The van der Waals surface area contributed by atoms with E-state index in [4.69, 9.17) is 9.47 Å². The minimum atomic E-state index is -0.941. The number of hydrogen-bond donors (Lipinski definition) is 0. The first kappa shape index (κ1) is 28.5. The van der Waals surface area contributed by atoms with Crippen LogP contribution in [0.5, 0.6) is 5.75 Å². The Bertz CT molecular complexity index is 1250. The van der Waals surface area contributed by atoms with E-state index in [0.29, 0.717) is 23.5 Å². The van der Waals surface area contributed by atoms with Crippen molar-refractivity contribution >= 4 is 0 Å². The Labute approximate surface area is 238 Å². The van der Waals surface area contributed by atoms with Gasteiger partial charge in [-0.2, -0.15) is 4.39 Å². The molecule has 0 bridgehead atoms. The van der Waals surface area contributed by atoms with Gasteiger partial charge >= 0.3 is 0 Å². The molecule has 0 aromatic heterocycles. The number of allylic oxidation sites excluding steroid dienone is 2. The van der Waals surface area contributed by atoms with Crippen LogP contribution in [0, 0.1) is 23.5 Å². The molecule has 0 spiro atoms. The maximum atomic E-state index is 14.6. The standard InChI is InChI=1S/C36H42F2O2/c1-3-5-6-7-25-8-22-33(40-24-25)31-19-15-29(16-20-31)27-11-9-26(10-12-27)28-13-17-30(18-14-28)32-21-23-34(39-4-2)36(38)35(32)37/h3,5,9-14,17-18,21,23,25,29,31,33H,4,6-8,15-16,19-20,22,24H2,1-2H3/b5-3+. The van der Waals surface area contributed by atoms with Crippen molar-refractivity contribution in [2.75, 3.05) is 13.2 Å². The quantitative estimate of drug-likeness (QED) is 0.250. The third-order valence-corrected chi connectivity index (χ3v) is 8.94. The van der Waals surface area contributed by atoms with Gasteiger partial charge in [0.15, 0.2) is 11.6 Å². The van der Waals surface area contributed by atoms with Gasteiger partial charge < -0.3 is 9.47 Å². The minimum absolute atomic E-state index is 0.0550. The van der Waals surface area contributed by atoms with Crippen LogP contribution in [-0.4, -0.2) is 19.3 Å². The lowest BCUT2D eigenvalue weighted by Gasteiger charge is -2.38. The summed E-state index contributed by atoms with van der Waals surface area (Å²) in [4.78, 5) is 0. The third-order valence-electron chi connectivity index (χ3n) is 8.94. The molecule has 2 fully saturated rings. The molecule has 3 aromatic rings. The molecule has 2 nitrogen and oxygen atoms in total. The Kier molecular flexibility index (Phi) is 9.70. The van der Waals surface area contributed by atoms with Crippen molar-refractivity contribution in [1.29, 1.82) is 0 Å². The van der Waals surface area contributed by atoms with Crippen molar-refractivity contribution in [3.63, 3.8) is 0 Å². The molecule has 4 heteroatoms. The molecule has 2 atom stereocenters. The molecule has 1 aliphatic heterocycles. The molecule has 1 aliphatic carbocycles. The molecule has 2 aliphatic rings. The largest absolute Gasteiger partial charge is 0.491 e. The lowest BCUT2D eigenvalue weighted by molar-refractivity contribution is -0.0573. The van der Waals surface area contributed by atoms with Gasteiger partial charge in [-0.15, -0.1) is 0 Å². The van der Waals surface area contributed by atoms with Crippen LogP contribution in [0.1, 0.15) is 76.7 Å². The second-order valence-electron chi connectivity index (χ2n) is 11.4. The Morgan fingerprint density at radius 1 is 0.800 bits per heavy atom. The van der Waals surface area contributed by atoms with Gasteiger partial charge in [-0.05, 0) is 117 Å². The lowest BCUT2D eigenvalue weighted by Crippen LogP contribution is -2.34. The van der Waals surface area contributed by atoms with Crippen LogP contribution in [0.25, 0.3) is 22.3 Å². The first-order valence-corrected chi connectivity index (χ1v) is 15.1. The fourth-order valence-corrected chi connectivity index (χ4v) is 6.56. The Morgan fingerprint density at radius 2 is 1.48 bits per heavy atom. The monoisotopic (exact) mass is 544 g/mol. The summed E-state index contributed by atoms with van der Waals surface area (Å²) in [5, 5.41) is 0. The topological polar surface area (TPSA) is 18.5 Å². The van der Waals surface area contributed by atoms with Gasteiger partial charge in [0, 0.05) is 12.2 Å². The van der Waals surface area contributed by atoms with Crippen LogP contribution < -0.4 is 4.74 Å². The number of hydrogen-bond acceptors (Lipinski definition) is 2. The fraction of sp³-hybridized carbons (Fsp3) is 0.444. The fourth-order valence-electron chi connectivity index (χ4n) is 6.56. The van der Waals surface area contributed by atoms with Crippen LogP contribution >= 0.6 is 0 Å². The average molecular weight is 545 g/mol. The maximum Gasteiger partial charge on any atom is 0.201 e. The van der Waals surface area contributed by atoms with Gasteiger partial charge in [0.2, 0.25) is 5.82 Å². The van der Waals surface area contributed by atoms with Crippen LogP contribution in [0.3, 0.4) is 0 Å². The summed E-state index contributed by atoms with van der Waals surface area (Å²) in [6.45, 7) is 5.07. The molecule has 1 saturated carbocycles. The van der Waals surface area contributed by atoms with Crippen molar-refractivity contribution in [2.45, 2.75) is 77.2 Å². The normalized spacial score (nSPS) is 23.4. The van der Waals surface area contributed by atoms with Crippen molar-refractivity contribution in [1.82, 2.24) is 0 Å². The molecule has 1 saturated heterocycles. The Hall–Kier alpha value is -2.98. The van der Waals surface area contributed by atoms with Crippen molar-refractivity contribution in [3.8, 4) is 28.0 Å². The molecular weight excluding hydrogens is 502 g/mol. The van der Waals surface area contributed by atoms with E-state index in [1.165, 1.54) is 63.0 Å². The van der Waals surface area contributed by atoms with E-state index < -0.39 is 11.6 Å². The highest BCUT2D eigenvalue weighted by Gasteiger charge is 2.32. The van der Waals surface area contributed by atoms with Crippen LogP contribution in [0.4, 0.5) is 8.78 Å². The predicted octanol–water partition coefficient (Wildman–Crippen LogP) is 10.1. The van der Waals surface area contributed by atoms with Gasteiger partial charge in [-0.25, -0.2) is 4.39 Å². The van der Waals surface area contributed by atoms with Crippen LogP contribution in [0.15, 0.2) is 72.8 Å². The van der Waals surface area contributed by atoms with E-state index in [2.05, 4.69) is 43.3 Å². The van der Waals surface area contributed by atoms with E-state index in [1.54, 1.807) is 13.0 Å². The molecule has 3 aromatic carbocycles. The molecule has 1 heterocycles. The van der Waals surface area contributed by atoms with E-state index in [9.17, 15) is 8.78 Å².